The van der Waals surface area contributed by atoms with E-state index in [9.17, 15) is 14.7 Å². The lowest BCUT2D eigenvalue weighted by molar-refractivity contribution is -0.137. The number of carbonyl (C=O) groups excluding carboxylic acids is 1. The number of amides is 1. The number of carboxylic acid groups (broad SMARTS) is 1. The molecule has 1 saturated heterocycles. The van der Waals surface area contributed by atoms with Crippen molar-refractivity contribution in [1.29, 1.82) is 0 Å². The number of benzene rings is 2. The van der Waals surface area contributed by atoms with Crippen LogP contribution in [0, 0.1) is 5.92 Å². The second kappa shape index (κ2) is 13.5. The standard InChI is InChI=1S/C35H47NO7/c1-35(2,3)43-34(39)36-18-16-24(17-19-36)30-15-14-28(40-4)21-32(30)42-27-12-10-26(11-13-27)41-29-7-5-6-25(20-29)31(22-33(37)38)23-8-9-23/h5-7,14-15,20-21,23-24,26-27,31H,8-13,16-19,22H2,1-4H3,(H,37,38)/t26-,27-,31?. The van der Waals surface area contributed by atoms with E-state index >= 15 is 0 Å². The van der Waals surface area contributed by atoms with E-state index in [1.54, 1.807) is 12.0 Å². The van der Waals surface area contributed by atoms with Crippen LogP contribution in [0.5, 0.6) is 17.2 Å². The summed E-state index contributed by atoms with van der Waals surface area (Å²) < 4.78 is 24.1. The SMILES string of the molecule is COc1ccc(C2CCN(C(=O)OC(C)(C)C)CC2)c(O[C@H]2CC[C@H](Oc3cccc(C(CC(=O)O)C4CC4)c3)CC2)c1. The second-order valence-corrected chi connectivity index (χ2v) is 13.4. The van der Waals surface area contributed by atoms with Gasteiger partial charge in [0.05, 0.1) is 25.7 Å². The predicted octanol–water partition coefficient (Wildman–Crippen LogP) is 7.55. The van der Waals surface area contributed by atoms with Crippen molar-refractivity contribution in [3.8, 4) is 17.2 Å². The number of piperidine rings is 1. The Bertz CT molecular complexity index is 1250. The number of hydrogen-bond acceptors (Lipinski definition) is 6. The van der Waals surface area contributed by atoms with Crippen LogP contribution in [-0.4, -0.2) is 60.1 Å². The molecule has 2 saturated carbocycles. The van der Waals surface area contributed by atoms with E-state index in [0.29, 0.717) is 24.9 Å². The first-order chi connectivity index (χ1) is 20.6. The van der Waals surface area contributed by atoms with Crippen LogP contribution < -0.4 is 14.2 Å². The van der Waals surface area contributed by atoms with Gasteiger partial charge in [-0.05, 0) is 119 Å². The highest BCUT2D eigenvalue weighted by Crippen LogP contribution is 2.45. The summed E-state index contributed by atoms with van der Waals surface area (Å²) in [4.78, 5) is 25.8. The highest BCUT2D eigenvalue weighted by molar-refractivity contribution is 5.68. The molecule has 1 unspecified atom stereocenters. The highest BCUT2D eigenvalue weighted by Gasteiger charge is 2.34. The van der Waals surface area contributed by atoms with Gasteiger partial charge in [0.15, 0.2) is 0 Å². The van der Waals surface area contributed by atoms with Gasteiger partial charge in [-0.2, -0.15) is 0 Å². The summed E-state index contributed by atoms with van der Waals surface area (Å²) in [6, 6.07) is 14.2. The van der Waals surface area contributed by atoms with Gasteiger partial charge in [0, 0.05) is 19.2 Å². The maximum atomic E-state index is 12.6. The van der Waals surface area contributed by atoms with Crippen molar-refractivity contribution >= 4 is 12.1 Å². The van der Waals surface area contributed by atoms with E-state index in [1.165, 1.54) is 5.56 Å². The fourth-order valence-electron chi connectivity index (χ4n) is 6.48. The lowest BCUT2D eigenvalue weighted by Crippen LogP contribution is -2.41. The summed E-state index contributed by atoms with van der Waals surface area (Å²) in [5.74, 6) is 2.56. The topological polar surface area (TPSA) is 94.5 Å². The number of carboxylic acids is 1. The maximum absolute atomic E-state index is 12.6. The van der Waals surface area contributed by atoms with Crippen molar-refractivity contribution in [1.82, 2.24) is 4.90 Å². The van der Waals surface area contributed by atoms with E-state index in [-0.39, 0.29) is 30.6 Å². The number of methoxy groups -OCH3 is 1. The molecule has 8 nitrogen and oxygen atoms in total. The van der Waals surface area contributed by atoms with Gasteiger partial charge in [-0.25, -0.2) is 4.79 Å². The zero-order valence-electron chi connectivity index (χ0n) is 26.1. The Morgan fingerprint density at radius 1 is 0.884 bits per heavy atom. The average Bonchev–Trinajstić information content (AvgIpc) is 3.82. The largest absolute Gasteiger partial charge is 0.497 e. The van der Waals surface area contributed by atoms with Crippen LogP contribution in [0.15, 0.2) is 42.5 Å². The summed E-state index contributed by atoms with van der Waals surface area (Å²) in [5, 5.41) is 9.40. The minimum atomic E-state index is -0.744. The molecule has 2 aromatic carbocycles. The quantitative estimate of drug-likeness (QED) is 0.304. The molecule has 3 fully saturated rings. The van der Waals surface area contributed by atoms with Crippen LogP contribution in [-0.2, 0) is 9.53 Å². The third-order valence-corrected chi connectivity index (χ3v) is 8.90. The molecular formula is C35H47NO7. The molecule has 2 aliphatic carbocycles. The van der Waals surface area contributed by atoms with Crippen LogP contribution in [0.4, 0.5) is 4.79 Å². The average molecular weight is 594 g/mol. The minimum Gasteiger partial charge on any atom is -0.497 e. The second-order valence-electron chi connectivity index (χ2n) is 13.4. The number of nitrogens with zero attached hydrogens (tertiary/aromatic N) is 1. The molecule has 3 aliphatic rings. The molecule has 1 heterocycles. The molecule has 0 radical (unpaired) electrons. The summed E-state index contributed by atoms with van der Waals surface area (Å²) >= 11 is 0. The van der Waals surface area contributed by atoms with Crippen LogP contribution in [0.25, 0.3) is 0 Å². The van der Waals surface area contributed by atoms with Crippen molar-refractivity contribution in [3.05, 3.63) is 53.6 Å². The summed E-state index contributed by atoms with van der Waals surface area (Å²) in [6.07, 6.45) is 7.62. The van der Waals surface area contributed by atoms with E-state index in [4.69, 9.17) is 18.9 Å². The van der Waals surface area contributed by atoms with Gasteiger partial charge in [0.25, 0.3) is 0 Å². The minimum absolute atomic E-state index is 0.0618. The van der Waals surface area contributed by atoms with Crippen LogP contribution >= 0.6 is 0 Å². The number of carbonyl (C=O) groups is 2. The third-order valence-electron chi connectivity index (χ3n) is 8.90. The molecule has 0 bridgehead atoms. The molecule has 1 atom stereocenters. The first kappa shape index (κ1) is 31.0. The molecule has 234 valence electrons. The fraction of sp³-hybridized carbons (Fsp3) is 0.600. The molecule has 0 aromatic heterocycles. The van der Waals surface area contributed by atoms with E-state index in [1.807, 2.05) is 57.2 Å². The van der Waals surface area contributed by atoms with Gasteiger partial charge >= 0.3 is 12.1 Å². The van der Waals surface area contributed by atoms with Crippen molar-refractivity contribution < 1.29 is 33.6 Å². The van der Waals surface area contributed by atoms with Crippen molar-refractivity contribution in [2.45, 2.75) is 108 Å². The van der Waals surface area contributed by atoms with Gasteiger partial charge in [-0.1, -0.05) is 18.2 Å². The number of aliphatic carboxylic acids is 1. The van der Waals surface area contributed by atoms with Crippen LogP contribution in [0.2, 0.25) is 0 Å². The molecule has 8 heteroatoms. The Morgan fingerprint density at radius 2 is 1.56 bits per heavy atom. The Morgan fingerprint density at radius 3 is 2.16 bits per heavy atom. The summed E-state index contributed by atoms with van der Waals surface area (Å²) in [7, 11) is 1.67. The molecular weight excluding hydrogens is 546 g/mol. The van der Waals surface area contributed by atoms with Crippen molar-refractivity contribution in [2.24, 2.45) is 5.92 Å². The maximum Gasteiger partial charge on any atom is 0.410 e. The fourth-order valence-corrected chi connectivity index (χ4v) is 6.48. The normalized spacial score (nSPS) is 22.0. The van der Waals surface area contributed by atoms with Gasteiger partial charge in [0.2, 0.25) is 0 Å². The molecule has 5 rings (SSSR count). The van der Waals surface area contributed by atoms with Gasteiger partial charge in [0.1, 0.15) is 22.8 Å². The van der Waals surface area contributed by atoms with Crippen molar-refractivity contribution in [2.75, 3.05) is 20.2 Å². The van der Waals surface area contributed by atoms with Gasteiger partial charge < -0.3 is 29.0 Å². The summed E-state index contributed by atoms with van der Waals surface area (Å²) in [5.41, 5.74) is 1.74. The van der Waals surface area contributed by atoms with Crippen LogP contribution in [0.1, 0.15) is 102 Å². The molecule has 1 aliphatic heterocycles. The zero-order valence-corrected chi connectivity index (χ0v) is 26.1. The predicted molar refractivity (Wildman–Crippen MR) is 164 cm³/mol. The van der Waals surface area contributed by atoms with E-state index < -0.39 is 11.6 Å². The Balaban J connectivity index is 1.16. The Labute approximate surface area is 255 Å². The first-order valence-corrected chi connectivity index (χ1v) is 15.9. The number of likely N-dealkylation sites (tertiary alicyclic amines) is 1. The molecule has 1 N–H and O–H groups in total. The van der Waals surface area contributed by atoms with Crippen molar-refractivity contribution in [3.63, 3.8) is 0 Å². The smallest absolute Gasteiger partial charge is 0.410 e. The zero-order chi connectivity index (χ0) is 30.6. The Kier molecular flexibility index (Phi) is 9.72. The Hall–Kier alpha value is -3.42. The first-order valence-electron chi connectivity index (χ1n) is 15.9. The number of hydrogen-bond donors (Lipinski definition) is 1. The number of rotatable bonds is 10. The van der Waals surface area contributed by atoms with Gasteiger partial charge in [-0.3, -0.25) is 4.79 Å². The lowest BCUT2D eigenvalue weighted by atomic mass is 9.88. The van der Waals surface area contributed by atoms with E-state index in [2.05, 4.69) is 6.07 Å². The van der Waals surface area contributed by atoms with Gasteiger partial charge in [-0.15, -0.1) is 0 Å². The molecule has 2 aromatic rings. The molecule has 0 spiro atoms. The number of ether oxygens (including phenoxy) is 4. The monoisotopic (exact) mass is 593 g/mol. The lowest BCUT2D eigenvalue weighted by Gasteiger charge is -2.35. The molecule has 1 amide bonds. The highest BCUT2D eigenvalue weighted by atomic mass is 16.6. The van der Waals surface area contributed by atoms with E-state index in [0.717, 1.165) is 74.2 Å². The molecule has 43 heavy (non-hydrogen) atoms. The van der Waals surface area contributed by atoms with Crippen LogP contribution in [0.3, 0.4) is 0 Å². The third kappa shape index (κ3) is 8.58. The summed E-state index contributed by atoms with van der Waals surface area (Å²) in [6.45, 7) is 7.00.